The van der Waals surface area contributed by atoms with E-state index in [-0.39, 0.29) is 23.6 Å². The quantitative estimate of drug-likeness (QED) is 0.482. The molecule has 0 spiro atoms. The van der Waals surface area contributed by atoms with Crippen molar-refractivity contribution in [1.29, 1.82) is 0 Å². The Balaban J connectivity index is 1.43. The number of alkyl halides is 1. The van der Waals surface area contributed by atoms with Gasteiger partial charge in [0.25, 0.3) is 0 Å². The highest BCUT2D eigenvalue weighted by molar-refractivity contribution is 5.99. The van der Waals surface area contributed by atoms with Crippen LogP contribution in [0.5, 0.6) is 5.88 Å². The molecule has 1 saturated heterocycles. The van der Waals surface area contributed by atoms with Gasteiger partial charge in [0.2, 0.25) is 5.88 Å². The number of nitrogen functional groups attached to an aromatic ring is 1. The Labute approximate surface area is 200 Å². The first kappa shape index (κ1) is 23.0. The summed E-state index contributed by atoms with van der Waals surface area (Å²) in [7, 11) is 1.82. The molecular formula is C24H26F2N6O3. The molecule has 0 aliphatic carbocycles. The maximum atomic E-state index is 15.3. The van der Waals surface area contributed by atoms with Crippen molar-refractivity contribution in [2.45, 2.75) is 25.6 Å². The highest BCUT2D eigenvalue weighted by Gasteiger charge is 2.30. The highest BCUT2D eigenvalue weighted by Crippen LogP contribution is 2.39. The van der Waals surface area contributed by atoms with Gasteiger partial charge in [-0.15, -0.1) is 0 Å². The van der Waals surface area contributed by atoms with E-state index in [1.807, 2.05) is 18.9 Å². The summed E-state index contributed by atoms with van der Waals surface area (Å²) in [5.74, 6) is 0.0661. The van der Waals surface area contributed by atoms with Crippen LogP contribution in [0.4, 0.5) is 30.8 Å². The number of nitrogens with two attached hydrogens (primary N) is 1. The van der Waals surface area contributed by atoms with E-state index in [9.17, 15) is 9.18 Å². The number of carbonyl (C=O) groups is 1. The van der Waals surface area contributed by atoms with Crippen LogP contribution < -0.4 is 21.1 Å². The second-order valence-corrected chi connectivity index (χ2v) is 8.83. The van der Waals surface area contributed by atoms with Crippen LogP contribution in [0.3, 0.4) is 0 Å². The molecule has 9 nitrogen and oxygen atoms in total. The van der Waals surface area contributed by atoms with Gasteiger partial charge >= 0.3 is 6.09 Å². The number of fused-ring (bicyclic) bond motifs is 2. The Morgan fingerprint density at radius 1 is 1.31 bits per heavy atom. The topological polar surface area (TPSA) is 115 Å². The number of likely N-dealkylation sites (tertiary alicyclic amines) is 1. The predicted octanol–water partition coefficient (Wildman–Crippen LogP) is 3.72. The Morgan fingerprint density at radius 2 is 2.14 bits per heavy atom. The summed E-state index contributed by atoms with van der Waals surface area (Å²) >= 11 is 0. The van der Waals surface area contributed by atoms with E-state index >= 15 is 4.39 Å². The van der Waals surface area contributed by atoms with Gasteiger partial charge in [0.1, 0.15) is 30.4 Å². The molecule has 3 aromatic rings. The van der Waals surface area contributed by atoms with Crippen molar-refractivity contribution < 1.29 is 23.0 Å². The van der Waals surface area contributed by atoms with Crippen molar-refractivity contribution in [3.8, 4) is 17.0 Å². The van der Waals surface area contributed by atoms with Gasteiger partial charge in [0, 0.05) is 55.0 Å². The minimum Gasteiger partial charge on any atom is -0.474 e. The third-order valence-electron chi connectivity index (χ3n) is 6.41. The SMILES string of the molecule is Cc1c(-c2cc3cc(NC(=O)OC4CCN(C)CC4F)ncc3c(N)c2F)cnc2c1NCCO2. The standard InChI is InChI=1S/C24H26F2N6O3/c1-12-15(9-30-23-22(12)28-4-6-34-23)14-7-13-8-19(29-10-16(13)21(27)20(14)26)31-24(33)35-18-3-5-32(2)11-17(18)25/h7-10,17-18,28H,3-6,11,27H2,1-2H3,(H,29,31,33). The summed E-state index contributed by atoms with van der Waals surface area (Å²) < 4.78 is 40.3. The van der Waals surface area contributed by atoms with Gasteiger partial charge in [0.15, 0.2) is 5.82 Å². The zero-order valence-corrected chi connectivity index (χ0v) is 19.4. The van der Waals surface area contributed by atoms with Gasteiger partial charge in [-0.25, -0.2) is 23.5 Å². The van der Waals surface area contributed by atoms with Crippen LogP contribution in [0, 0.1) is 12.7 Å². The van der Waals surface area contributed by atoms with Crippen LogP contribution in [0.1, 0.15) is 12.0 Å². The Kier molecular flexibility index (Phi) is 6.01. The number of ether oxygens (including phenoxy) is 2. The van der Waals surface area contributed by atoms with Crippen LogP contribution in [0.15, 0.2) is 24.5 Å². The lowest BCUT2D eigenvalue weighted by Gasteiger charge is -2.31. The molecule has 4 N–H and O–H groups in total. The number of piperidine rings is 1. The maximum absolute atomic E-state index is 15.3. The largest absolute Gasteiger partial charge is 0.474 e. The second kappa shape index (κ2) is 9.14. The first-order chi connectivity index (χ1) is 16.8. The van der Waals surface area contributed by atoms with Crippen molar-refractivity contribution >= 4 is 34.1 Å². The van der Waals surface area contributed by atoms with Crippen LogP contribution in [0.25, 0.3) is 21.9 Å². The van der Waals surface area contributed by atoms with E-state index in [0.29, 0.717) is 54.0 Å². The molecule has 2 aliphatic heterocycles. The Hall–Kier alpha value is -3.73. The number of rotatable bonds is 3. The number of amides is 1. The van der Waals surface area contributed by atoms with E-state index in [1.165, 1.54) is 6.20 Å². The molecule has 5 rings (SSSR count). The van der Waals surface area contributed by atoms with Crippen LogP contribution in [0.2, 0.25) is 0 Å². The van der Waals surface area contributed by atoms with Crippen molar-refractivity contribution in [1.82, 2.24) is 14.9 Å². The number of nitrogens with one attached hydrogen (secondary N) is 2. The predicted molar refractivity (Wildman–Crippen MR) is 129 cm³/mol. The summed E-state index contributed by atoms with van der Waals surface area (Å²) in [6.45, 7) is 3.83. The molecule has 184 valence electrons. The van der Waals surface area contributed by atoms with Gasteiger partial charge in [-0.1, -0.05) is 0 Å². The summed E-state index contributed by atoms with van der Waals surface area (Å²) in [5, 5.41) is 6.73. The molecule has 1 fully saturated rings. The second-order valence-electron chi connectivity index (χ2n) is 8.83. The Morgan fingerprint density at radius 3 is 2.94 bits per heavy atom. The zero-order chi connectivity index (χ0) is 24.7. The lowest BCUT2D eigenvalue weighted by molar-refractivity contribution is 0.00405. The van der Waals surface area contributed by atoms with Crippen molar-refractivity contribution in [3.63, 3.8) is 0 Å². The van der Waals surface area contributed by atoms with Gasteiger partial charge in [-0.3, -0.25) is 5.32 Å². The summed E-state index contributed by atoms with van der Waals surface area (Å²) in [6.07, 6.45) is 0.461. The fourth-order valence-corrected chi connectivity index (χ4v) is 4.49. The first-order valence-corrected chi connectivity index (χ1v) is 11.4. The molecule has 0 bridgehead atoms. The van der Waals surface area contributed by atoms with Crippen LogP contribution >= 0.6 is 0 Å². The van der Waals surface area contributed by atoms with E-state index in [2.05, 4.69) is 20.6 Å². The molecular weight excluding hydrogens is 458 g/mol. The van der Waals surface area contributed by atoms with Crippen LogP contribution in [-0.4, -0.2) is 66.5 Å². The van der Waals surface area contributed by atoms with E-state index in [4.69, 9.17) is 15.2 Å². The van der Waals surface area contributed by atoms with E-state index < -0.39 is 24.2 Å². The fraction of sp³-hybridized carbons (Fsp3) is 0.375. The first-order valence-electron chi connectivity index (χ1n) is 11.4. The van der Waals surface area contributed by atoms with Crippen molar-refractivity contribution in [2.75, 3.05) is 49.7 Å². The molecule has 4 heterocycles. The molecule has 11 heteroatoms. The monoisotopic (exact) mass is 484 g/mol. The minimum atomic E-state index is -1.26. The fourth-order valence-electron chi connectivity index (χ4n) is 4.49. The molecule has 1 amide bonds. The van der Waals surface area contributed by atoms with Gasteiger partial charge < -0.3 is 25.4 Å². The molecule has 2 atom stereocenters. The lowest BCUT2D eigenvalue weighted by Crippen LogP contribution is -2.45. The third kappa shape index (κ3) is 4.39. The van der Waals surface area contributed by atoms with Gasteiger partial charge in [-0.2, -0.15) is 0 Å². The highest BCUT2D eigenvalue weighted by atomic mass is 19.1. The number of carbonyl (C=O) groups excluding carboxylic acids is 1. The summed E-state index contributed by atoms with van der Waals surface area (Å²) in [5.41, 5.74) is 8.37. The molecule has 1 aromatic carbocycles. The minimum absolute atomic E-state index is 0.0629. The number of hydrogen-bond acceptors (Lipinski definition) is 8. The number of anilines is 3. The number of nitrogens with zero attached hydrogens (tertiary/aromatic N) is 3. The van der Waals surface area contributed by atoms with Crippen molar-refractivity contribution in [2.24, 2.45) is 0 Å². The number of aromatic nitrogens is 2. The number of pyridine rings is 2. The Bertz CT molecular complexity index is 1300. The molecule has 2 aromatic heterocycles. The summed E-state index contributed by atoms with van der Waals surface area (Å²) in [4.78, 5) is 22.7. The number of halogens is 2. The molecule has 0 saturated carbocycles. The van der Waals surface area contributed by atoms with E-state index in [1.54, 1.807) is 18.3 Å². The summed E-state index contributed by atoms with van der Waals surface area (Å²) in [6, 6.07) is 3.20. The lowest BCUT2D eigenvalue weighted by atomic mass is 9.97. The normalized spacial score (nSPS) is 20.0. The maximum Gasteiger partial charge on any atom is 0.413 e. The molecule has 0 radical (unpaired) electrons. The van der Waals surface area contributed by atoms with Gasteiger partial charge in [-0.05, 0) is 37.1 Å². The average molecular weight is 485 g/mol. The van der Waals surface area contributed by atoms with E-state index in [0.717, 1.165) is 5.56 Å². The van der Waals surface area contributed by atoms with Crippen molar-refractivity contribution in [3.05, 3.63) is 35.9 Å². The molecule has 2 unspecified atom stereocenters. The molecule has 35 heavy (non-hydrogen) atoms. The zero-order valence-electron chi connectivity index (χ0n) is 19.4. The number of benzene rings is 1. The number of hydrogen-bond donors (Lipinski definition) is 3. The van der Waals surface area contributed by atoms with Gasteiger partial charge in [0.05, 0.1) is 5.69 Å². The third-order valence-corrected chi connectivity index (χ3v) is 6.41. The average Bonchev–Trinajstić information content (AvgIpc) is 2.84. The van der Waals surface area contributed by atoms with Crippen LogP contribution in [-0.2, 0) is 4.74 Å². The smallest absolute Gasteiger partial charge is 0.413 e. The molecule has 2 aliphatic rings.